The Hall–Kier alpha value is -1.10. The minimum atomic E-state index is -0.776. The SMILES string of the molecule is C[C@@H](C(=O)NC(N)=O)N1CCCCCC1. The highest BCUT2D eigenvalue weighted by Crippen LogP contribution is 2.12. The molecule has 0 radical (unpaired) electrons. The van der Waals surface area contributed by atoms with Gasteiger partial charge in [0.25, 0.3) is 0 Å². The molecule has 0 aromatic carbocycles. The number of rotatable bonds is 2. The predicted octanol–water partition coefficient (Wildman–Crippen LogP) is 0.446. The molecular weight excluding hydrogens is 194 g/mol. The van der Waals surface area contributed by atoms with Crippen molar-refractivity contribution in [2.75, 3.05) is 13.1 Å². The van der Waals surface area contributed by atoms with Gasteiger partial charge in [0.2, 0.25) is 5.91 Å². The molecule has 1 aliphatic heterocycles. The van der Waals surface area contributed by atoms with Gasteiger partial charge in [-0.25, -0.2) is 4.79 Å². The number of primary amides is 1. The number of nitrogens with zero attached hydrogens (tertiary/aromatic N) is 1. The standard InChI is InChI=1S/C10H19N3O2/c1-8(9(14)12-10(11)15)13-6-4-2-3-5-7-13/h8H,2-7H2,1H3,(H3,11,12,14,15)/t8-/m0/s1. The summed E-state index contributed by atoms with van der Waals surface area (Å²) in [5.74, 6) is -0.301. The zero-order valence-electron chi connectivity index (χ0n) is 9.16. The first-order chi connectivity index (χ1) is 7.11. The third-order valence-electron chi connectivity index (χ3n) is 2.81. The van der Waals surface area contributed by atoms with Crippen LogP contribution in [0.15, 0.2) is 0 Å². The second-order valence-corrected chi connectivity index (χ2v) is 3.98. The summed E-state index contributed by atoms with van der Waals surface area (Å²) in [5.41, 5.74) is 4.90. The number of hydrogen-bond acceptors (Lipinski definition) is 3. The number of imide groups is 1. The van der Waals surface area contributed by atoms with Gasteiger partial charge >= 0.3 is 6.03 Å². The average Bonchev–Trinajstić information content (AvgIpc) is 2.43. The van der Waals surface area contributed by atoms with E-state index in [1.807, 2.05) is 6.92 Å². The Morgan fingerprint density at radius 3 is 2.20 bits per heavy atom. The number of amides is 3. The molecule has 0 aromatic heterocycles. The molecule has 0 aromatic rings. The fourth-order valence-electron chi connectivity index (χ4n) is 1.87. The predicted molar refractivity (Wildman–Crippen MR) is 57.2 cm³/mol. The maximum atomic E-state index is 11.5. The Kier molecular flexibility index (Phi) is 4.55. The Balaban J connectivity index is 2.46. The molecule has 86 valence electrons. The van der Waals surface area contributed by atoms with Crippen molar-refractivity contribution >= 4 is 11.9 Å². The molecule has 1 heterocycles. The average molecular weight is 213 g/mol. The summed E-state index contributed by atoms with van der Waals surface area (Å²) in [6.07, 6.45) is 4.68. The van der Waals surface area contributed by atoms with E-state index in [0.29, 0.717) is 0 Å². The van der Waals surface area contributed by atoms with E-state index in [1.54, 1.807) is 0 Å². The summed E-state index contributed by atoms with van der Waals surface area (Å²) < 4.78 is 0. The van der Waals surface area contributed by atoms with Crippen molar-refractivity contribution in [2.24, 2.45) is 5.73 Å². The fraction of sp³-hybridized carbons (Fsp3) is 0.800. The van der Waals surface area contributed by atoms with Crippen LogP contribution in [0.5, 0.6) is 0 Å². The third kappa shape index (κ3) is 3.87. The summed E-state index contributed by atoms with van der Waals surface area (Å²) in [6, 6.07) is -1.04. The van der Waals surface area contributed by atoms with E-state index in [9.17, 15) is 9.59 Å². The van der Waals surface area contributed by atoms with Gasteiger partial charge in [-0.3, -0.25) is 15.0 Å². The molecule has 0 unspecified atom stereocenters. The summed E-state index contributed by atoms with van der Waals surface area (Å²) in [7, 11) is 0. The first-order valence-corrected chi connectivity index (χ1v) is 5.45. The molecule has 1 saturated heterocycles. The summed E-state index contributed by atoms with van der Waals surface area (Å²) in [4.78, 5) is 24.2. The lowest BCUT2D eigenvalue weighted by molar-refractivity contribution is -0.124. The molecule has 1 atom stereocenters. The van der Waals surface area contributed by atoms with Crippen LogP contribution in [-0.2, 0) is 4.79 Å². The van der Waals surface area contributed by atoms with Gasteiger partial charge in [0.05, 0.1) is 6.04 Å². The molecule has 0 saturated carbocycles. The first kappa shape index (κ1) is 12.0. The third-order valence-corrected chi connectivity index (χ3v) is 2.81. The van der Waals surface area contributed by atoms with E-state index in [4.69, 9.17) is 5.73 Å². The van der Waals surface area contributed by atoms with E-state index in [-0.39, 0.29) is 11.9 Å². The molecule has 1 fully saturated rings. The molecule has 3 N–H and O–H groups in total. The van der Waals surface area contributed by atoms with Gasteiger partial charge in [-0.15, -0.1) is 0 Å². The molecule has 5 heteroatoms. The quantitative estimate of drug-likeness (QED) is 0.699. The molecule has 1 aliphatic rings. The Morgan fingerprint density at radius 1 is 1.20 bits per heavy atom. The highest BCUT2D eigenvalue weighted by atomic mass is 16.2. The van der Waals surface area contributed by atoms with E-state index in [2.05, 4.69) is 10.2 Å². The van der Waals surface area contributed by atoms with Gasteiger partial charge in [0.15, 0.2) is 0 Å². The topological polar surface area (TPSA) is 75.4 Å². The largest absolute Gasteiger partial charge is 0.351 e. The zero-order valence-corrected chi connectivity index (χ0v) is 9.16. The Labute approximate surface area is 90.0 Å². The van der Waals surface area contributed by atoms with Crippen molar-refractivity contribution in [2.45, 2.75) is 38.6 Å². The van der Waals surface area contributed by atoms with E-state index in [1.165, 1.54) is 12.8 Å². The van der Waals surface area contributed by atoms with Crippen molar-refractivity contribution in [3.63, 3.8) is 0 Å². The zero-order chi connectivity index (χ0) is 11.3. The van der Waals surface area contributed by atoms with Gasteiger partial charge in [-0.05, 0) is 32.9 Å². The lowest BCUT2D eigenvalue weighted by Gasteiger charge is -2.25. The van der Waals surface area contributed by atoms with Crippen LogP contribution in [0, 0.1) is 0 Å². The van der Waals surface area contributed by atoms with Crippen molar-refractivity contribution in [1.82, 2.24) is 10.2 Å². The van der Waals surface area contributed by atoms with Crippen molar-refractivity contribution in [3.05, 3.63) is 0 Å². The molecule has 3 amide bonds. The minimum Gasteiger partial charge on any atom is -0.351 e. The summed E-state index contributed by atoms with van der Waals surface area (Å²) in [6.45, 7) is 3.66. The number of urea groups is 1. The lowest BCUT2D eigenvalue weighted by Crippen LogP contribution is -2.48. The highest BCUT2D eigenvalue weighted by Gasteiger charge is 2.22. The van der Waals surface area contributed by atoms with Crippen LogP contribution in [0.4, 0.5) is 4.79 Å². The van der Waals surface area contributed by atoms with E-state index >= 15 is 0 Å². The smallest absolute Gasteiger partial charge is 0.318 e. The number of hydrogen-bond donors (Lipinski definition) is 2. The van der Waals surface area contributed by atoms with Crippen LogP contribution in [0.1, 0.15) is 32.6 Å². The van der Waals surface area contributed by atoms with E-state index in [0.717, 1.165) is 25.9 Å². The Morgan fingerprint density at radius 2 is 1.73 bits per heavy atom. The molecule has 0 bridgehead atoms. The summed E-state index contributed by atoms with van der Waals surface area (Å²) in [5, 5.41) is 2.12. The molecule has 5 nitrogen and oxygen atoms in total. The number of carbonyl (C=O) groups excluding carboxylic acids is 2. The van der Waals surface area contributed by atoms with Gasteiger partial charge in [-0.2, -0.15) is 0 Å². The van der Waals surface area contributed by atoms with Crippen LogP contribution in [0.25, 0.3) is 0 Å². The second kappa shape index (κ2) is 5.70. The summed E-state index contributed by atoms with van der Waals surface area (Å²) >= 11 is 0. The molecule has 1 rings (SSSR count). The first-order valence-electron chi connectivity index (χ1n) is 5.45. The number of likely N-dealkylation sites (tertiary alicyclic amines) is 1. The fourth-order valence-corrected chi connectivity index (χ4v) is 1.87. The van der Waals surface area contributed by atoms with Crippen molar-refractivity contribution in [3.8, 4) is 0 Å². The Bertz CT molecular complexity index is 235. The van der Waals surface area contributed by atoms with Crippen LogP contribution in [0.3, 0.4) is 0 Å². The van der Waals surface area contributed by atoms with Gasteiger partial charge < -0.3 is 5.73 Å². The van der Waals surface area contributed by atoms with Gasteiger partial charge in [0, 0.05) is 0 Å². The van der Waals surface area contributed by atoms with Crippen molar-refractivity contribution in [1.29, 1.82) is 0 Å². The van der Waals surface area contributed by atoms with Crippen LogP contribution < -0.4 is 11.1 Å². The lowest BCUT2D eigenvalue weighted by atomic mass is 10.2. The maximum Gasteiger partial charge on any atom is 0.318 e. The van der Waals surface area contributed by atoms with Crippen LogP contribution in [0.2, 0.25) is 0 Å². The number of nitrogens with two attached hydrogens (primary N) is 1. The highest BCUT2D eigenvalue weighted by molar-refractivity contribution is 5.96. The minimum absolute atomic E-state index is 0.268. The normalized spacial score (nSPS) is 20.3. The van der Waals surface area contributed by atoms with Gasteiger partial charge in [-0.1, -0.05) is 12.8 Å². The number of nitrogens with one attached hydrogen (secondary N) is 1. The monoisotopic (exact) mass is 213 g/mol. The van der Waals surface area contributed by atoms with E-state index < -0.39 is 6.03 Å². The molecular formula is C10H19N3O2. The molecule has 0 spiro atoms. The second-order valence-electron chi connectivity index (χ2n) is 3.98. The van der Waals surface area contributed by atoms with Crippen LogP contribution in [-0.4, -0.2) is 36.0 Å². The van der Waals surface area contributed by atoms with Gasteiger partial charge in [0.1, 0.15) is 0 Å². The molecule has 0 aliphatic carbocycles. The number of carbonyl (C=O) groups is 2. The maximum absolute atomic E-state index is 11.5. The molecule has 15 heavy (non-hydrogen) atoms. The van der Waals surface area contributed by atoms with Crippen molar-refractivity contribution < 1.29 is 9.59 Å². The van der Waals surface area contributed by atoms with Crippen LogP contribution >= 0.6 is 0 Å².